The summed E-state index contributed by atoms with van der Waals surface area (Å²) in [6.45, 7) is 4.04. The van der Waals surface area contributed by atoms with Crippen molar-refractivity contribution in [1.29, 1.82) is 0 Å². The van der Waals surface area contributed by atoms with Crippen LogP contribution < -0.4 is 5.32 Å². The Labute approximate surface area is 117 Å². The van der Waals surface area contributed by atoms with Crippen LogP contribution in [0.5, 0.6) is 0 Å². The Hall–Kier alpha value is -1.74. The van der Waals surface area contributed by atoms with Crippen LogP contribution in [0.15, 0.2) is 36.4 Å². The highest BCUT2D eigenvalue weighted by atomic mass is 19.2. The first-order valence-corrected chi connectivity index (χ1v) is 6.94. The third-order valence-electron chi connectivity index (χ3n) is 3.96. The largest absolute Gasteiger partial charge is 0.316 e. The second kappa shape index (κ2) is 5.33. The monoisotopic (exact) mass is 273 g/mol. The molecule has 1 heterocycles. The second-order valence-corrected chi connectivity index (χ2v) is 5.37. The Morgan fingerprint density at radius 3 is 2.85 bits per heavy atom. The van der Waals surface area contributed by atoms with E-state index in [-0.39, 0.29) is 0 Å². The summed E-state index contributed by atoms with van der Waals surface area (Å²) < 4.78 is 27.3. The van der Waals surface area contributed by atoms with E-state index in [0.29, 0.717) is 11.5 Å². The average molecular weight is 273 g/mol. The van der Waals surface area contributed by atoms with Crippen molar-refractivity contribution >= 4 is 0 Å². The maximum absolute atomic E-state index is 13.9. The highest BCUT2D eigenvalue weighted by Crippen LogP contribution is 2.30. The Morgan fingerprint density at radius 1 is 1.15 bits per heavy atom. The number of halogens is 2. The van der Waals surface area contributed by atoms with Gasteiger partial charge in [-0.05, 0) is 41.6 Å². The smallest absolute Gasteiger partial charge is 0.166 e. The van der Waals surface area contributed by atoms with E-state index in [1.165, 1.54) is 11.1 Å². The molecule has 0 unspecified atom stereocenters. The van der Waals surface area contributed by atoms with Gasteiger partial charge >= 0.3 is 0 Å². The molecule has 2 aromatic rings. The number of fused-ring (bicyclic) bond motifs is 1. The fraction of sp³-hybridized carbons (Fsp3) is 0.294. The number of benzene rings is 2. The van der Waals surface area contributed by atoms with E-state index >= 15 is 0 Å². The molecule has 0 amide bonds. The lowest BCUT2D eigenvalue weighted by Gasteiger charge is -2.14. The van der Waals surface area contributed by atoms with Crippen molar-refractivity contribution in [3.05, 3.63) is 59.2 Å². The van der Waals surface area contributed by atoms with Crippen LogP contribution in [0.1, 0.15) is 24.0 Å². The third kappa shape index (κ3) is 2.34. The summed E-state index contributed by atoms with van der Waals surface area (Å²) in [6.07, 6.45) is 0.978. The molecule has 1 nitrogen and oxygen atoms in total. The van der Waals surface area contributed by atoms with E-state index in [0.717, 1.165) is 31.1 Å². The molecule has 0 bridgehead atoms. The van der Waals surface area contributed by atoms with Crippen LogP contribution in [0.2, 0.25) is 0 Å². The van der Waals surface area contributed by atoms with Gasteiger partial charge in [-0.1, -0.05) is 37.3 Å². The predicted octanol–water partition coefficient (Wildman–Crippen LogP) is 3.88. The van der Waals surface area contributed by atoms with E-state index in [1.54, 1.807) is 12.1 Å². The predicted molar refractivity (Wildman–Crippen MR) is 76.8 cm³/mol. The third-order valence-corrected chi connectivity index (χ3v) is 3.96. The summed E-state index contributed by atoms with van der Waals surface area (Å²) in [4.78, 5) is 0. The number of hydrogen-bond donors (Lipinski definition) is 1. The van der Waals surface area contributed by atoms with Crippen LogP contribution in [-0.4, -0.2) is 13.1 Å². The number of hydrogen-bond acceptors (Lipinski definition) is 1. The molecule has 3 heteroatoms. The number of rotatable bonds is 1. The summed E-state index contributed by atoms with van der Waals surface area (Å²) in [5.74, 6) is -1.19. The van der Waals surface area contributed by atoms with E-state index in [2.05, 4.69) is 12.2 Å². The molecule has 0 radical (unpaired) electrons. The summed E-state index contributed by atoms with van der Waals surface area (Å²) in [6, 6.07) is 10.2. The zero-order valence-electron chi connectivity index (χ0n) is 11.4. The van der Waals surface area contributed by atoms with Crippen LogP contribution in [0.25, 0.3) is 11.1 Å². The molecule has 20 heavy (non-hydrogen) atoms. The van der Waals surface area contributed by atoms with Gasteiger partial charge in [-0.3, -0.25) is 0 Å². The van der Waals surface area contributed by atoms with Crippen LogP contribution in [-0.2, 0) is 6.42 Å². The van der Waals surface area contributed by atoms with Gasteiger partial charge in [0.1, 0.15) is 0 Å². The van der Waals surface area contributed by atoms with E-state index in [4.69, 9.17) is 0 Å². The summed E-state index contributed by atoms with van der Waals surface area (Å²) in [7, 11) is 0. The van der Waals surface area contributed by atoms with Crippen molar-refractivity contribution in [3.8, 4) is 11.1 Å². The number of nitrogens with one attached hydrogen (secondary N) is 1. The molecule has 0 spiro atoms. The molecule has 1 aliphatic heterocycles. The van der Waals surface area contributed by atoms with Crippen LogP contribution in [0.3, 0.4) is 0 Å². The van der Waals surface area contributed by atoms with Gasteiger partial charge in [0.15, 0.2) is 11.6 Å². The van der Waals surface area contributed by atoms with Gasteiger partial charge in [-0.25, -0.2) is 8.78 Å². The maximum atomic E-state index is 13.9. The summed E-state index contributed by atoms with van der Waals surface area (Å²) >= 11 is 0. The lowest BCUT2D eigenvalue weighted by Crippen LogP contribution is -2.18. The molecule has 1 N–H and O–H groups in total. The van der Waals surface area contributed by atoms with Gasteiger partial charge in [0, 0.05) is 12.1 Å². The van der Waals surface area contributed by atoms with Gasteiger partial charge in [0.25, 0.3) is 0 Å². The minimum Gasteiger partial charge on any atom is -0.316 e. The topological polar surface area (TPSA) is 12.0 Å². The SMILES string of the molecule is C[C@H]1CNCCc2ccc(-c3cccc(F)c3F)cc21. The maximum Gasteiger partial charge on any atom is 0.166 e. The van der Waals surface area contributed by atoms with Crippen molar-refractivity contribution in [2.24, 2.45) is 0 Å². The van der Waals surface area contributed by atoms with E-state index in [9.17, 15) is 8.78 Å². The molecule has 0 fully saturated rings. The molecule has 0 saturated carbocycles. The molecule has 2 aromatic carbocycles. The Morgan fingerprint density at radius 2 is 2.00 bits per heavy atom. The summed E-state index contributed by atoms with van der Waals surface area (Å²) in [5.41, 5.74) is 3.60. The minimum atomic E-state index is -0.799. The Kier molecular flexibility index (Phi) is 3.53. The highest BCUT2D eigenvalue weighted by molar-refractivity contribution is 5.66. The highest BCUT2D eigenvalue weighted by Gasteiger charge is 2.17. The molecule has 0 aromatic heterocycles. The lowest BCUT2D eigenvalue weighted by molar-refractivity contribution is 0.511. The summed E-state index contributed by atoms with van der Waals surface area (Å²) in [5, 5.41) is 3.39. The standard InChI is InChI=1S/C17H17F2N/c1-11-10-20-8-7-12-5-6-13(9-15(11)12)14-3-2-4-16(18)17(14)19/h2-6,9,11,20H,7-8,10H2,1H3/t11-/m0/s1. The molecule has 1 atom stereocenters. The second-order valence-electron chi connectivity index (χ2n) is 5.37. The minimum absolute atomic E-state index is 0.331. The molecular formula is C17H17F2N. The van der Waals surface area contributed by atoms with Crippen molar-refractivity contribution in [1.82, 2.24) is 5.32 Å². The Bertz CT molecular complexity index is 637. The van der Waals surface area contributed by atoms with Crippen molar-refractivity contribution in [2.45, 2.75) is 19.3 Å². The molecule has 0 saturated heterocycles. The van der Waals surface area contributed by atoms with Gasteiger partial charge < -0.3 is 5.32 Å². The first-order valence-electron chi connectivity index (χ1n) is 6.94. The van der Waals surface area contributed by atoms with Gasteiger partial charge in [0.2, 0.25) is 0 Å². The zero-order valence-corrected chi connectivity index (χ0v) is 11.4. The van der Waals surface area contributed by atoms with Crippen molar-refractivity contribution in [2.75, 3.05) is 13.1 Å². The molecule has 3 rings (SSSR count). The normalized spacial score (nSPS) is 18.4. The van der Waals surface area contributed by atoms with E-state index in [1.807, 2.05) is 18.2 Å². The van der Waals surface area contributed by atoms with Gasteiger partial charge in [0.05, 0.1) is 0 Å². The van der Waals surface area contributed by atoms with Gasteiger partial charge in [-0.2, -0.15) is 0 Å². The van der Waals surface area contributed by atoms with Gasteiger partial charge in [-0.15, -0.1) is 0 Å². The molecule has 104 valence electrons. The van der Waals surface area contributed by atoms with Crippen molar-refractivity contribution < 1.29 is 8.78 Å². The molecule has 1 aliphatic rings. The fourth-order valence-electron chi connectivity index (χ4n) is 2.83. The van der Waals surface area contributed by atoms with Crippen LogP contribution in [0, 0.1) is 11.6 Å². The van der Waals surface area contributed by atoms with E-state index < -0.39 is 11.6 Å². The van der Waals surface area contributed by atoms with Crippen LogP contribution >= 0.6 is 0 Å². The fourth-order valence-corrected chi connectivity index (χ4v) is 2.83. The quantitative estimate of drug-likeness (QED) is 0.831. The average Bonchev–Trinajstić information content (AvgIpc) is 2.64. The first-order chi connectivity index (χ1) is 9.66. The zero-order chi connectivity index (χ0) is 14.1. The molecule has 0 aliphatic carbocycles. The van der Waals surface area contributed by atoms with Crippen LogP contribution in [0.4, 0.5) is 8.78 Å². The molecular weight excluding hydrogens is 256 g/mol. The Balaban J connectivity index is 2.10. The first kappa shape index (κ1) is 13.3. The lowest BCUT2D eigenvalue weighted by atomic mass is 9.91. The van der Waals surface area contributed by atoms with Crippen molar-refractivity contribution in [3.63, 3.8) is 0 Å².